The van der Waals surface area contributed by atoms with Gasteiger partial charge >= 0.3 is 5.97 Å². The van der Waals surface area contributed by atoms with Crippen LogP contribution in [0.1, 0.15) is 66.7 Å². The van der Waals surface area contributed by atoms with Crippen LogP contribution in [0.5, 0.6) is 0 Å². The Kier molecular flexibility index (Phi) is 4.98. The quantitative estimate of drug-likeness (QED) is 0.571. The van der Waals surface area contributed by atoms with Crippen molar-refractivity contribution in [1.82, 2.24) is 0 Å². The molecule has 0 amide bonds. The Balaban J connectivity index is 2.83. The molecule has 0 aromatic carbocycles. The third-order valence-electron chi connectivity index (χ3n) is 3.59. The number of ether oxygens (including phenoxy) is 1. The number of hydrogen-bond donors (Lipinski definition) is 1. The van der Waals surface area contributed by atoms with Crippen LogP contribution in [0.2, 0.25) is 0 Å². The minimum absolute atomic E-state index is 0.310. The van der Waals surface area contributed by atoms with E-state index < -0.39 is 23.0 Å². The number of rotatable bonds is 7. The van der Waals surface area contributed by atoms with Gasteiger partial charge in [0.15, 0.2) is 0 Å². The number of esters is 1. The maximum absolute atomic E-state index is 12.4. The first kappa shape index (κ1) is 16.4. The van der Waals surface area contributed by atoms with Crippen molar-refractivity contribution < 1.29 is 24.4 Å². The first-order valence-electron chi connectivity index (χ1n) is 7.09. The lowest BCUT2D eigenvalue weighted by molar-refractivity contribution is -0.594. The van der Waals surface area contributed by atoms with E-state index in [0.717, 1.165) is 12.8 Å². The molecular weight excluding hydrogens is 248 g/mol. The molecule has 0 aromatic heterocycles. The molecule has 0 bridgehead atoms. The summed E-state index contributed by atoms with van der Waals surface area (Å²) in [5.74, 6) is -2.12. The molecule has 0 aliphatic carbocycles. The second kappa shape index (κ2) is 5.77. The van der Waals surface area contributed by atoms with Crippen molar-refractivity contribution in [2.75, 3.05) is 0 Å². The number of carbonyl (C=O) groups is 1. The third-order valence-corrected chi connectivity index (χ3v) is 3.59. The molecule has 0 radical (unpaired) electrons. The highest BCUT2D eigenvalue weighted by molar-refractivity contribution is 5.82. The summed E-state index contributed by atoms with van der Waals surface area (Å²) >= 11 is 0. The van der Waals surface area contributed by atoms with E-state index in [1.54, 1.807) is 6.92 Å². The van der Waals surface area contributed by atoms with Gasteiger partial charge in [0.1, 0.15) is 5.60 Å². The van der Waals surface area contributed by atoms with Crippen LogP contribution < -0.4 is 0 Å². The van der Waals surface area contributed by atoms with Crippen LogP contribution >= 0.6 is 0 Å². The second-order valence-corrected chi connectivity index (χ2v) is 5.78. The first-order valence-corrected chi connectivity index (χ1v) is 7.09. The zero-order chi connectivity index (χ0) is 14.7. The molecule has 1 aliphatic rings. The first-order chi connectivity index (χ1) is 8.77. The SMILES string of the molecule is CCCC(C)(C)OC(=O)C1(CC)OOC1(O)CCC. The van der Waals surface area contributed by atoms with Gasteiger partial charge in [0.05, 0.1) is 0 Å². The van der Waals surface area contributed by atoms with Crippen molar-refractivity contribution in [1.29, 1.82) is 0 Å². The maximum atomic E-state index is 12.4. The van der Waals surface area contributed by atoms with Crippen LogP contribution in [0, 0.1) is 0 Å². The summed E-state index contributed by atoms with van der Waals surface area (Å²) in [5.41, 5.74) is -1.96. The molecule has 5 nitrogen and oxygen atoms in total. The van der Waals surface area contributed by atoms with Crippen molar-refractivity contribution >= 4 is 5.97 Å². The summed E-state index contributed by atoms with van der Waals surface area (Å²) in [7, 11) is 0. The Bertz CT molecular complexity index is 324. The Morgan fingerprint density at radius 1 is 1.21 bits per heavy atom. The molecule has 1 saturated heterocycles. The van der Waals surface area contributed by atoms with E-state index in [1.807, 2.05) is 27.7 Å². The Labute approximate surface area is 115 Å². The minimum atomic E-state index is -1.57. The predicted molar refractivity (Wildman–Crippen MR) is 70.1 cm³/mol. The van der Waals surface area contributed by atoms with Gasteiger partial charge in [0.25, 0.3) is 5.60 Å². The lowest BCUT2D eigenvalue weighted by atomic mass is 9.85. The lowest BCUT2D eigenvalue weighted by Gasteiger charge is -2.51. The number of aliphatic hydroxyl groups is 1. The van der Waals surface area contributed by atoms with Gasteiger partial charge in [-0.05, 0) is 26.7 Å². The van der Waals surface area contributed by atoms with E-state index in [4.69, 9.17) is 14.5 Å². The standard InChI is InChI=1S/C14H26O5/c1-6-9-12(4,5)17-11(15)13(8-3)14(16,10-7-2)19-18-13/h16H,6-10H2,1-5H3. The summed E-state index contributed by atoms with van der Waals surface area (Å²) < 4.78 is 5.51. The summed E-state index contributed by atoms with van der Waals surface area (Å²) in [6.45, 7) is 9.43. The van der Waals surface area contributed by atoms with Crippen LogP contribution in [-0.4, -0.2) is 28.1 Å². The summed E-state index contributed by atoms with van der Waals surface area (Å²) in [5, 5.41) is 10.4. The third kappa shape index (κ3) is 2.93. The van der Waals surface area contributed by atoms with Gasteiger partial charge in [0.2, 0.25) is 5.79 Å². The van der Waals surface area contributed by atoms with Gasteiger partial charge in [-0.2, -0.15) is 4.89 Å². The van der Waals surface area contributed by atoms with Crippen LogP contribution in [0.3, 0.4) is 0 Å². The Morgan fingerprint density at radius 3 is 2.21 bits per heavy atom. The van der Waals surface area contributed by atoms with Gasteiger partial charge in [-0.25, -0.2) is 9.68 Å². The topological polar surface area (TPSA) is 65.0 Å². The molecule has 1 fully saturated rings. The van der Waals surface area contributed by atoms with Crippen LogP contribution in [0.15, 0.2) is 0 Å². The van der Waals surface area contributed by atoms with Crippen molar-refractivity contribution in [2.45, 2.75) is 83.7 Å². The molecule has 1 aliphatic heterocycles. The van der Waals surface area contributed by atoms with Crippen LogP contribution in [-0.2, 0) is 19.3 Å². The highest BCUT2D eigenvalue weighted by Crippen LogP contribution is 2.46. The van der Waals surface area contributed by atoms with E-state index >= 15 is 0 Å². The van der Waals surface area contributed by atoms with E-state index in [-0.39, 0.29) is 0 Å². The lowest BCUT2D eigenvalue weighted by Crippen LogP contribution is -2.71. The maximum Gasteiger partial charge on any atom is 0.348 e. The molecule has 5 heteroatoms. The van der Waals surface area contributed by atoms with E-state index in [9.17, 15) is 9.90 Å². The molecule has 0 aromatic rings. The van der Waals surface area contributed by atoms with Gasteiger partial charge < -0.3 is 9.84 Å². The van der Waals surface area contributed by atoms with Gasteiger partial charge in [-0.1, -0.05) is 33.6 Å². The second-order valence-electron chi connectivity index (χ2n) is 5.78. The molecule has 1 heterocycles. The molecule has 2 unspecified atom stereocenters. The van der Waals surface area contributed by atoms with Crippen LogP contribution in [0.4, 0.5) is 0 Å². The smallest absolute Gasteiger partial charge is 0.348 e. The fraction of sp³-hybridized carbons (Fsp3) is 0.929. The molecule has 1 N–H and O–H groups in total. The van der Waals surface area contributed by atoms with Crippen LogP contribution in [0.25, 0.3) is 0 Å². The summed E-state index contributed by atoms with van der Waals surface area (Å²) in [6, 6.07) is 0. The Hall–Kier alpha value is -0.650. The molecular formula is C14H26O5. The Morgan fingerprint density at radius 2 is 1.84 bits per heavy atom. The van der Waals surface area contributed by atoms with Gasteiger partial charge in [-0.15, -0.1) is 0 Å². The monoisotopic (exact) mass is 274 g/mol. The zero-order valence-corrected chi connectivity index (χ0v) is 12.6. The largest absolute Gasteiger partial charge is 0.457 e. The molecule has 112 valence electrons. The van der Waals surface area contributed by atoms with E-state index in [1.165, 1.54) is 0 Å². The average molecular weight is 274 g/mol. The van der Waals surface area contributed by atoms with Gasteiger partial charge in [-0.3, -0.25) is 0 Å². The number of carbonyl (C=O) groups excluding carboxylic acids is 1. The molecule has 1 rings (SSSR count). The van der Waals surface area contributed by atoms with Gasteiger partial charge in [0, 0.05) is 6.42 Å². The summed E-state index contributed by atoms with van der Waals surface area (Å²) in [6.07, 6.45) is 3.00. The average Bonchev–Trinajstić information content (AvgIpc) is 2.28. The highest BCUT2D eigenvalue weighted by Gasteiger charge is 2.68. The van der Waals surface area contributed by atoms with E-state index in [2.05, 4.69) is 0 Å². The fourth-order valence-electron chi connectivity index (χ4n) is 2.48. The highest BCUT2D eigenvalue weighted by atomic mass is 17.3. The normalized spacial score (nSPS) is 30.8. The molecule has 0 spiro atoms. The molecule has 19 heavy (non-hydrogen) atoms. The minimum Gasteiger partial charge on any atom is -0.457 e. The van der Waals surface area contributed by atoms with Crippen molar-refractivity contribution in [3.63, 3.8) is 0 Å². The zero-order valence-electron chi connectivity index (χ0n) is 12.6. The number of hydrogen-bond acceptors (Lipinski definition) is 5. The predicted octanol–water partition coefficient (Wildman–Crippen LogP) is 2.71. The van der Waals surface area contributed by atoms with Crippen molar-refractivity contribution in [2.24, 2.45) is 0 Å². The van der Waals surface area contributed by atoms with Crippen molar-refractivity contribution in [3.05, 3.63) is 0 Å². The van der Waals surface area contributed by atoms with E-state index in [0.29, 0.717) is 19.3 Å². The van der Waals surface area contributed by atoms with Crippen molar-refractivity contribution in [3.8, 4) is 0 Å². The summed E-state index contributed by atoms with van der Waals surface area (Å²) in [4.78, 5) is 22.2. The molecule has 2 atom stereocenters. The fourth-order valence-corrected chi connectivity index (χ4v) is 2.48. The molecule has 0 saturated carbocycles.